The molecule has 8 heteroatoms. The van der Waals surface area contributed by atoms with Crippen molar-refractivity contribution in [2.45, 2.75) is 77.0 Å². The van der Waals surface area contributed by atoms with E-state index in [1.807, 2.05) is 121 Å². The first kappa shape index (κ1) is 36.6. The minimum atomic E-state index is -3.61. The molecule has 0 heterocycles. The van der Waals surface area contributed by atoms with Gasteiger partial charge in [0.05, 0.1) is 39.3 Å². The normalized spacial score (nSPS) is 15.2. The molecular formula is C41H48O7S. The van der Waals surface area contributed by atoms with E-state index in [2.05, 4.69) is 6.08 Å². The van der Waals surface area contributed by atoms with Crippen molar-refractivity contribution < 1.29 is 31.5 Å². The minimum Gasteiger partial charge on any atom is -0.348 e. The van der Waals surface area contributed by atoms with Crippen molar-refractivity contribution >= 4 is 10.1 Å². The molecule has 1 aliphatic carbocycles. The predicted molar refractivity (Wildman–Crippen MR) is 192 cm³/mol. The molecule has 1 atom stereocenters. The smallest absolute Gasteiger partial charge is 0.264 e. The third kappa shape index (κ3) is 13.0. The lowest BCUT2D eigenvalue weighted by atomic mass is 9.84. The fourth-order valence-corrected chi connectivity index (χ4v) is 6.34. The quantitative estimate of drug-likeness (QED) is 0.0523. The Balaban J connectivity index is 1.25. The van der Waals surface area contributed by atoms with E-state index < -0.39 is 22.2 Å². The summed E-state index contributed by atoms with van der Waals surface area (Å²) in [7, 11) is -3.61. The van der Waals surface area contributed by atoms with Crippen LogP contribution in [0, 0.1) is 5.92 Å². The summed E-state index contributed by atoms with van der Waals surface area (Å²) in [6.45, 7) is 1.85. The van der Waals surface area contributed by atoms with Gasteiger partial charge in [-0.05, 0) is 47.9 Å². The third-order valence-corrected chi connectivity index (χ3v) is 9.28. The van der Waals surface area contributed by atoms with Crippen LogP contribution in [0.2, 0.25) is 0 Å². The van der Waals surface area contributed by atoms with Gasteiger partial charge in [0.2, 0.25) is 0 Å². The number of ether oxygens (including phenoxy) is 4. The maximum Gasteiger partial charge on any atom is 0.264 e. The highest BCUT2D eigenvalue weighted by molar-refractivity contribution is 7.85. The van der Waals surface area contributed by atoms with E-state index in [0.29, 0.717) is 52.1 Å². The van der Waals surface area contributed by atoms with Crippen molar-refractivity contribution in [2.75, 3.05) is 12.9 Å². The SMILES string of the molecule is CS(=O)(=O)OCC(CCCC(OCc1ccccc1)OCc1ccccc1)C1=CCC(OCc2ccccc2)(OCc2ccccc2)CC1. The van der Waals surface area contributed by atoms with Crippen LogP contribution in [-0.4, -0.2) is 33.4 Å². The van der Waals surface area contributed by atoms with Gasteiger partial charge in [0, 0.05) is 18.8 Å². The van der Waals surface area contributed by atoms with Gasteiger partial charge in [-0.1, -0.05) is 133 Å². The Morgan fingerprint density at radius 2 is 1.08 bits per heavy atom. The molecule has 1 unspecified atom stereocenters. The Hall–Kier alpha value is -3.63. The van der Waals surface area contributed by atoms with E-state index >= 15 is 0 Å². The van der Waals surface area contributed by atoms with E-state index in [4.69, 9.17) is 23.1 Å². The summed E-state index contributed by atoms with van der Waals surface area (Å²) in [5, 5.41) is 0. The molecule has 0 aliphatic heterocycles. The lowest BCUT2D eigenvalue weighted by molar-refractivity contribution is -0.254. The Bertz CT molecular complexity index is 1560. The van der Waals surface area contributed by atoms with Crippen molar-refractivity contribution in [1.29, 1.82) is 0 Å². The largest absolute Gasteiger partial charge is 0.348 e. The predicted octanol–water partition coefficient (Wildman–Crippen LogP) is 8.75. The van der Waals surface area contributed by atoms with Gasteiger partial charge in [-0.2, -0.15) is 8.42 Å². The standard InChI is InChI=1S/C41H48O7S/c1-49(42,43)48-33-39(23-14-24-40(44-29-34-15-6-2-7-16-34)45-30-35-17-8-3-9-18-35)38-25-27-41(28-26-38,46-31-36-19-10-4-11-20-36)47-32-37-21-12-5-13-22-37/h2-13,15-22,25,39-40H,14,23-24,26-33H2,1H3. The average molecular weight is 685 g/mol. The van der Waals surface area contributed by atoms with Gasteiger partial charge in [-0.25, -0.2) is 0 Å². The number of hydrogen-bond donors (Lipinski definition) is 0. The van der Waals surface area contributed by atoms with Gasteiger partial charge < -0.3 is 18.9 Å². The molecule has 0 radical (unpaired) electrons. The second-order valence-electron chi connectivity index (χ2n) is 12.6. The van der Waals surface area contributed by atoms with E-state index in [0.717, 1.165) is 46.9 Å². The lowest BCUT2D eigenvalue weighted by Gasteiger charge is -2.38. The van der Waals surface area contributed by atoms with Crippen LogP contribution in [0.15, 0.2) is 133 Å². The molecule has 49 heavy (non-hydrogen) atoms. The van der Waals surface area contributed by atoms with Crippen molar-refractivity contribution in [1.82, 2.24) is 0 Å². The summed E-state index contributed by atoms with van der Waals surface area (Å²) in [6.07, 6.45) is 6.93. The summed E-state index contributed by atoms with van der Waals surface area (Å²) in [4.78, 5) is 0. The monoisotopic (exact) mass is 684 g/mol. The highest BCUT2D eigenvalue weighted by atomic mass is 32.2. The molecule has 1 aliphatic rings. The van der Waals surface area contributed by atoms with Gasteiger partial charge >= 0.3 is 0 Å². The van der Waals surface area contributed by atoms with Gasteiger partial charge in [-0.3, -0.25) is 4.18 Å². The van der Waals surface area contributed by atoms with Crippen LogP contribution < -0.4 is 0 Å². The summed E-state index contributed by atoms with van der Waals surface area (Å²) >= 11 is 0. The Morgan fingerprint density at radius 3 is 1.49 bits per heavy atom. The fraction of sp³-hybridized carbons (Fsp3) is 0.366. The second-order valence-corrected chi connectivity index (χ2v) is 14.2. The van der Waals surface area contributed by atoms with Gasteiger partial charge in [0.1, 0.15) is 0 Å². The van der Waals surface area contributed by atoms with E-state index in [1.165, 1.54) is 0 Å². The first-order valence-electron chi connectivity index (χ1n) is 17.1. The number of rotatable bonds is 20. The molecular weight excluding hydrogens is 637 g/mol. The Morgan fingerprint density at radius 1 is 0.633 bits per heavy atom. The zero-order valence-electron chi connectivity index (χ0n) is 28.3. The molecule has 0 saturated carbocycles. The maximum atomic E-state index is 12.1. The van der Waals surface area contributed by atoms with Gasteiger partial charge in [0.15, 0.2) is 12.1 Å². The van der Waals surface area contributed by atoms with Gasteiger partial charge in [0.25, 0.3) is 10.1 Å². The first-order chi connectivity index (χ1) is 23.9. The molecule has 0 saturated heterocycles. The lowest BCUT2D eigenvalue weighted by Crippen LogP contribution is -2.38. The molecule has 0 fully saturated rings. The van der Waals surface area contributed by atoms with E-state index in [-0.39, 0.29) is 12.5 Å². The summed E-state index contributed by atoms with van der Waals surface area (Å²) in [6, 6.07) is 40.3. The number of benzene rings is 4. The van der Waals surface area contributed by atoms with Crippen molar-refractivity contribution in [3.05, 3.63) is 155 Å². The second kappa shape index (κ2) is 18.9. The van der Waals surface area contributed by atoms with Crippen molar-refractivity contribution in [2.24, 2.45) is 5.92 Å². The summed E-state index contributed by atoms with van der Waals surface area (Å²) < 4.78 is 55.1. The summed E-state index contributed by atoms with van der Waals surface area (Å²) in [5.74, 6) is -0.876. The maximum absolute atomic E-state index is 12.1. The van der Waals surface area contributed by atoms with Crippen molar-refractivity contribution in [3.8, 4) is 0 Å². The average Bonchev–Trinajstić information content (AvgIpc) is 3.14. The number of hydrogen-bond acceptors (Lipinski definition) is 7. The summed E-state index contributed by atoms with van der Waals surface area (Å²) in [5.41, 5.74) is 5.48. The zero-order valence-corrected chi connectivity index (χ0v) is 29.1. The molecule has 0 spiro atoms. The molecule has 4 aromatic carbocycles. The molecule has 0 bridgehead atoms. The molecule has 0 aromatic heterocycles. The fourth-order valence-electron chi connectivity index (χ4n) is 5.93. The van der Waals surface area contributed by atoms with E-state index in [9.17, 15) is 8.42 Å². The van der Waals surface area contributed by atoms with Gasteiger partial charge in [-0.15, -0.1) is 0 Å². The van der Waals surface area contributed by atoms with Crippen LogP contribution in [0.1, 0.15) is 60.8 Å². The van der Waals surface area contributed by atoms with Crippen LogP contribution in [0.25, 0.3) is 0 Å². The third-order valence-electron chi connectivity index (χ3n) is 8.72. The zero-order chi connectivity index (χ0) is 34.2. The van der Waals surface area contributed by atoms with E-state index in [1.54, 1.807) is 0 Å². The van der Waals surface area contributed by atoms with Crippen LogP contribution in [0.4, 0.5) is 0 Å². The molecule has 7 nitrogen and oxygen atoms in total. The highest BCUT2D eigenvalue weighted by Crippen LogP contribution is 2.38. The minimum absolute atomic E-state index is 0.0835. The molecule has 0 amide bonds. The Kier molecular flexibility index (Phi) is 14.2. The topological polar surface area (TPSA) is 80.3 Å². The highest BCUT2D eigenvalue weighted by Gasteiger charge is 2.36. The molecule has 260 valence electrons. The molecule has 0 N–H and O–H groups in total. The molecule has 5 rings (SSSR count). The first-order valence-corrected chi connectivity index (χ1v) is 18.9. The van der Waals surface area contributed by atoms with Crippen LogP contribution in [-0.2, 0) is 59.7 Å². The molecule has 4 aromatic rings. The van der Waals surface area contributed by atoms with Crippen molar-refractivity contribution in [3.63, 3.8) is 0 Å². The Labute approximate surface area is 292 Å². The van der Waals surface area contributed by atoms with Crippen LogP contribution in [0.3, 0.4) is 0 Å². The van der Waals surface area contributed by atoms with Crippen LogP contribution >= 0.6 is 0 Å². The van der Waals surface area contributed by atoms with Crippen LogP contribution in [0.5, 0.6) is 0 Å².